The highest BCUT2D eigenvalue weighted by molar-refractivity contribution is 6.06. The highest BCUT2D eigenvalue weighted by Gasteiger charge is 2.15. The minimum absolute atomic E-state index is 0.705. The number of nitrogens with zero attached hydrogens (tertiary/aromatic N) is 2. The van der Waals surface area contributed by atoms with Gasteiger partial charge in [-0.3, -0.25) is 0 Å². The largest absolute Gasteiger partial charge is 0.456 e. The normalized spacial score (nSPS) is 11.3. The maximum atomic E-state index is 6.13. The fourth-order valence-electron chi connectivity index (χ4n) is 6.65. The van der Waals surface area contributed by atoms with Crippen molar-refractivity contribution >= 4 is 21.9 Å². The summed E-state index contributed by atoms with van der Waals surface area (Å²) in [6, 6.07) is 63.4. The number of hydrogen-bond acceptors (Lipinski definition) is 3. The van der Waals surface area contributed by atoms with E-state index in [0.717, 1.165) is 72.3 Å². The van der Waals surface area contributed by atoms with Crippen LogP contribution in [0, 0.1) is 0 Å². The van der Waals surface area contributed by atoms with Gasteiger partial charge in [0.05, 0.1) is 11.4 Å². The molecule has 0 aliphatic rings. The molecule has 2 aromatic heterocycles. The van der Waals surface area contributed by atoms with Crippen molar-refractivity contribution < 1.29 is 4.42 Å². The first-order valence-electron chi connectivity index (χ1n) is 16.5. The van der Waals surface area contributed by atoms with Gasteiger partial charge in [-0.1, -0.05) is 146 Å². The van der Waals surface area contributed by atoms with Crippen molar-refractivity contribution in [3.63, 3.8) is 0 Å². The second-order valence-corrected chi connectivity index (χ2v) is 12.2. The van der Waals surface area contributed by atoms with Crippen LogP contribution in [0.25, 0.3) is 89.2 Å². The standard InChI is InChI=1S/C46H30N2O/c1-4-13-31(14-5-1)38-25-23-34(35-24-26-45-41(29-35)39-21-10-11-22-44(39)49-45)28-40(38)36-19-12-20-37(27-36)43-30-42(32-15-6-2-7-16-32)47-46(48-43)33-17-8-3-9-18-33/h1-30H. The summed E-state index contributed by atoms with van der Waals surface area (Å²) < 4.78 is 6.13. The first-order chi connectivity index (χ1) is 24.3. The van der Waals surface area contributed by atoms with E-state index < -0.39 is 0 Å². The summed E-state index contributed by atoms with van der Waals surface area (Å²) in [6.07, 6.45) is 0. The Morgan fingerprint density at radius 1 is 0.306 bits per heavy atom. The van der Waals surface area contributed by atoms with Crippen LogP contribution in [-0.2, 0) is 0 Å². The second-order valence-electron chi connectivity index (χ2n) is 12.2. The summed E-state index contributed by atoms with van der Waals surface area (Å²) in [7, 11) is 0. The molecule has 0 atom stereocenters. The lowest BCUT2D eigenvalue weighted by Crippen LogP contribution is -1.96. The van der Waals surface area contributed by atoms with Gasteiger partial charge in [0.2, 0.25) is 0 Å². The molecule has 7 aromatic carbocycles. The van der Waals surface area contributed by atoms with Crippen LogP contribution >= 0.6 is 0 Å². The molecule has 2 heterocycles. The van der Waals surface area contributed by atoms with Crippen LogP contribution in [0.4, 0.5) is 0 Å². The molecular formula is C46H30N2O. The molecule has 0 bridgehead atoms. The SMILES string of the molecule is c1ccc(-c2cc(-c3cccc(-c4cc(-c5ccc6oc7ccccc7c6c5)ccc4-c4ccccc4)c3)nc(-c3ccccc3)n2)cc1. The van der Waals surface area contributed by atoms with E-state index in [2.05, 4.69) is 133 Å². The summed E-state index contributed by atoms with van der Waals surface area (Å²) in [5, 5.41) is 2.25. The number of hydrogen-bond donors (Lipinski definition) is 0. The van der Waals surface area contributed by atoms with Gasteiger partial charge < -0.3 is 4.42 Å². The Hall–Kier alpha value is -6.58. The smallest absolute Gasteiger partial charge is 0.160 e. The lowest BCUT2D eigenvalue weighted by atomic mass is 9.90. The van der Waals surface area contributed by atoms with Crippen molar-refractivity contribution in [1.82, 2.24) is 9.97 Å². The molecule has 0 radical (unpaired) electrons. The Labute approximate surface area is 284 Å². The number of fused-ring (bicyclic) bond motifs is 3. The van der Waals surface area contributed by atoms with E-state index in [1.807, 2.05) is 48.5 Å². The van der Waals surface area contributed by atoms with E-state index in [4.69, 9.17) is 14.4 Å². The van der Waals surface area contributed by atoms with E-state index in [0.29, 0.717) is 5.82 Å². The molecule has 0 fully saturated rings. The van der Waals surface area contributed by atoms with Crippen LogP contribution in [0.3, 0.4) is 0 Å². The van der Waals surface area contributed by atoms with Gasteiger partial charge in [0.1, 0.15) is 11.2 Å². The third-order valence-electron chi connectivity index (χ3n) is 9.11. The monoisotopic (exact) mass is 626 g/mol. The third kappa shape index (κ3) is 5.48. The second kappa shape index (κ2) is 12.2. The van der Waals surface area contributed by atoms with Gasteiger partial charge in [0, 0.05) is 27.5 Å². The first-order valence-corrected chi connectivity index (χ1v) is 16.5. The highest BCUT2D eigenvalue weighted by atomic mass is 16.3. The lowest BCUT2D eigenvalue weighted by molar-refractivity contribution is 0.669. The third-order valence-corrected chi connectivity index (χ3v) is 9.11. The molecule has 3 nitrogen and oxygen atoms in total. The van der Waals surface area contributed by atoms with Gasteiger partial charge in [-0.15, -0.1) is 0 Å². The predicted octanol–water partition coefficient (Wildman–Crippen LogP) is 12.4. The van der Waals surface area contributed by atoms with Crippen LogP contribution < -0.4 is 0 Å². The van der Waals surface area contributed by atoms with E-state index in [1.165, 1.54) is 11.1 Å². The highest BCUT2D eigenvalue weighted by Crippen LogP contribution is 2.39. The van der Waals surface area contributed by atoms with Crippen molar-refractivity contribution in [2.75, 3.05) is 0 Å². The number of furan rings is 1. The summed E-state index contributed by atoms with van der Waals surface area (Å²) >= 11 is 0. The molecule has 9 rings (SSSR count). The van der Waals surface area contributed by atoms with Gasteiger partial charge >= 0.3 is 0 Å². The van der Waals surface area contributed by atoms with Crippen molar-refractivity contribution in [1.29, 1.82) is 0 Å². The molecule has 49 heavy (non-hydrogen) atoms. The zero-order chi connectivity index (χ0) is 32.6. The predicted molar refractivity (Wildman–Crippen MR) is 202 cm³/mol. The van der Waals surface area contributed by atoms with Crippen molar-refractivity contribution in [2.45, 2.75) is 0 Å². The average Bonchev–Trinajstić information content (AvgIpc) is 3.57. The average molecular weight is 627 g/mol. The molecule has 230 valence electrons. The van der Waals surface area contributed by atoms with E-state index in [9.17, 15) is 0 Å². The topological polar surface area (TPSA) is 38.9 Å². The van der Waals surface area contributed by atoms with Crippen LogP contribution in [0.15, 0.2) is 186 Å². The fourth-order valence-corrected chi connectivity index (χ4v) is 6.65. The molecule has 0 aliphatic carbocycles. The molecule has 0 saturated carbocycles. The Bertz CT molecular complexity index is 2530. The number of para-hydroxylation sites is 1. The van der Waals surface area contributed by atoms with Crippen molar-refractivity contribution in [3.8, 4) is 67.3 Å². The molecule has 0 saturated heterocycles. The maximum absolute atomic E-state index is 6.13. The minimum Gasteiger partial charge on any atom is -0.456 e. The quantitative estimate of drug-likeness (QED) is 0.184. The summed E-state index contributed by atoms with van der Waals surface area (Å²) in [6.45, 7) is 0. The van der Waals surface area contributed by atoms with Crippen LogP contribution in [0.2, 0.25) is 0 Å². The molecule has 0 unspecified atom stereocenters. The fraction of sp³-hybridized carbons (Fsp3) is 0. The molecule has 0 N–H and O–H groups in total. The number of rotatable bonds is 6. The van der Waals surface area contributed by atoms with Gasteiger partial charge in [-0.05, 0) is 69.8 Å². The molecule has 0 amide bonds. The van der Waals surface area contributed by atoms with Crippen molar-refractivity contribution in [2.24, 2.45) is 0 Å². The van der Waals surface area contributed by atoms with Gasteiger partial charge in [0.15, 0.2) is 5.82 Å². The van der Waals surface area contributed by atoms with Crippen LogP contribution in [0.1, 0.15) is 0 Å². The zero-order valence-corrected chi connectivity index (χ0v) is 26.6. The summed E-state index contributed by atoms with van der Waals surface area (Å²) in [5.74, 6) is 0.705. The van der Waals surface area contributed by atoms with Crippen LogP contribution in [-0.4, -0.2) is 9.97 Å². The molecule has 9 aromatic rings. The van der Waals surface area contributed by atoms with Crippen molar-refractivity contribution in [3.05, 3.63) is 182 Å². The van der Waals surface area contributed by atoms with Gasteiger partial charge in [-0.2, -0.15) is 0 Å². The Morgan fingerprint density at radius 2 is 0.878 bits per heavy atom. The van der Waals surface area contributed by atoms with Gasteiger partial charge in [-0.25, -0.2) is 9.97 Å². The Balaban J connectivity index is 1.20. The summed E-state index contributed by atoms with van der Waals surface area (Å²) in [5.41, 5.74) is 13.6. The van der Waals surface area contributed by atoms with Crippen LogP contribution in [0.5, 0.6) is 0 Å². The molecule has 3 heteroatoms. The van der Waals surface area contributed by atoms with E-state index >= 15 is 0 Å². The Kier molecular flexibility index (Phi) is 7.14. The van der Waals surface area contributed by atoms with E-state index in [1.54, 1.807) is 0 Å². The number of benzene rings is 7. The van der Waals surface area contributed by atoms with E-state index in [-0.39, 0.29) is 0 Å². The molecule has 0 aliphatic heterocycles. The maximum Gasteiger partial charge on any atom is 0.160 e. The number of aromatic nitrogens is 2. The summed E-state index contributed by atoms with van der Waals surface area (Å²) in [4.78, 5) is 10.1. The van der Waals surface area contributed by atoms with Gasteiger partial charge in [0.25, 0.3) is 0 Å². The first kappa shape index (κ1) is 28.6. The Morgan fingerprint density at radius 3 is 1.65 bits per heavy atom. The molecule has 0 spiro atoms. The zero-order valence-electron chi connectivity index (χ0n) is 26.6. The molecular weight excluding hydrogens is 597 g/mol. The minimum atomic E-state index is 0.705. The lowest BCUT2D eigenvalue weighted by Gasteiger charge is -2.15.